The van der Waals surface area contributed by atoms with Gasteiger partial charge in [-0.15, -0.1) is 5.10 Å². The zero-order valence-corrected chi connectivity index (χ0v) is 11.1. The van der Waals surface area contributed by atoms with E-state index < -0.39 is 0 Å². The SMILES string of the molecule is COc1ccc(Cl)cc1Cn1cc(C(C)N)nn1. The Kier molecular flexibility index (Phi) is 3.84. The minimum atomic E-state index is -0.125. The number of benzene rings is 1. The number of halogens is 1. The van der Waals surface area contributed by atoms with Gasteiger partial charge in [-0.2, -0.15) is 0 Å². The van der Waals surface area contributed by atoms with Crippen LogP contribution in [0.4, 0.5) is 0 Å². The molecule has 5 nitrogen and oxygen atoms in total. The molecule has 0 aliphatic rings. The third-order valence-electron chi connectivity index (χ3n) is 2.60. The Balaban J connectivity index is 2.24. The second-order valence-corrected chi connectivity index (χ2v) is 4.52. The molecule has 0 saturated carbocycles. The van der Waals surface area contributed by atoms with Gasteiger partial charge in [0.1, 0.15) is 5.75 Å². The molecule has 2 aromatic rings. The fourth-order valence-electron chi connectivity index (χ4n) is 1.64. The van der Waals surface area contributed by atoms with Crippen LogP contribution in [0, 0.1) is 0 Å². The summed E-state index contributed by atoms with van der Waals surface area (Å²) in [7, 11) is 1.63. The molecule has 1 atom stereocenters. The molecule has 0 fully saturated rings. The predicted molar refractivity (Wildman–Crippen MR) is 69.7 cm³/mol. The highest BCUT2D eigenvalue weighted by Crippen LogP contribution is 2.23. The van der Waals surface area contributed by atoms with Crippen LogP contribution in [0.2, 0.25) is 5.02 Å². The van der Waals surface area contributed by atoms with Crippen molar-refractivity contribution in [2.75, 3.05) is 7.11 Å². The van der Waals surface area contributed by atoms with Crippen molar-refractivity contribution in [2.24, 2.45) is 5.73 Å². The van der Waals surface area contributed by atoms with Crippen molar-refractivity contribution in [3.05, 3.63) is 40.7 Å². The summed E-state index contributed by atoms with van der Waals surface area (Å²) in [5.41, 5.74) is 7.45. The normalized spacial score (nSPS) is 12.4. The van der Waals surface area contributed by atoms with E-state index in [0.717, 1.165) is 17.0 Å². The summed E-state index contributed by atoms with van der Waals surface area (Å²) in [5.74, 6) is 0.775. The predicted octanol–water partition coefficient (Wildman–Crippen LogP) is 2.01. The lowest BCUT2D eigenvalue weighted by molar-refractivity contribution is 0.407. The van der Waals surface area contributed by atoms with Gasteiger partial charge in [-0.3, -0.25) is 0 Å². The van der Waals surface area contributed by atoms with Crippen molar-refractivity contribution >= 4 is 11.6 Å². The first-order valence-corrected chi connectivity index (χ1v) is 5.96. The Labute approximate surface area is 111 Å². The monoisotopic (exact) mass is 266 g/mol. The molecule has 6 heteroatoms. The van der Waals surface area contributed by atoms with Gasteiger partial charge in [0.05, 0.1) is 25.5 Å². The lowest BCUT2D eigenvalue weighted by Crippen LogP contribution is -2.05. The average Bonchev–Trinajstić information content (AvgIpc) is 2.78. The van der Waals surface area contributed by atoms with Crippen LogP contribution in [0.25, 0.3) is 0 Å². The smallest absolute Gasteiger partial charge is 0.124 e. The fraction of sp³-hybridized carbons (Fsp3) is 0.333. The van der Waals surface area contributed by atoms with E-state index in [9.17, 15) is 0 Å². The highest BCUT2D eigenvalue weighted by molar-refractivity contribution is 6.30. The Hall–Kier alpha value is -1.59. The number of nitrogens with two attached hydrogens (primary N) is 1. The van der Waals surface area contributed by atoms with Crippen LogP contribution in [0.5, 0.6) is 5.75 Å². The van der Waals surface area contributed by atoms with Crippen LogP contribution in [-0.4, -0.2) is 22.1 Å². The lowest BCUT2D eigenvalue weighted by Gasteiger charge is -2.08. The Bertz CT molecular complexity index is 539. The van der Waals surface area contributed by atoms with Gasteiger partial charge in [0, 0.05) is 16.6 Å². The van der Waals surface area contributed by atoms with E-state index in [1.54, 1.807) is 17.9 Å². The molecular weight excluding hydrogens is 252 g/mol. The highest BCUT2D eigenvalue weighted by Gasteiger charge is 2.08. The van der Waals surface area contributed by atoms with Crippen LogP contribution < -0.4 is 10.5 Å². The van der Waals surface area contributed by atoms with E-state index in [2.05, 4.69) is 10.3 Å². The molecule has 0 aliphatic carbocycles. The zero-order valence-electron chi connectivity index (χ0n) is 10.3. The van der Waals surface area contributed by atoms with Crippen LogP contribution in [-0.2, 0) is 6.54 Å². The maximum atomic E-state index is 5.97. The molecule has 1 aromatic carbocycles. The summed E-state index contributed by atoms with van der Waals surface area (Å²) in [4.78, 5) is 0. The largest absolute Gasteiger partial charge is 0.496 e. The molecule has 0 saturated heterocycles. The fourth-order valence-corrected chi connectivity index (χ4v) is 1.84. The van der Waals surface area contributed by atoms with E-state index in [1.165, 1.54) is 0 Å². The summed E-state index contributed by atoms with van der Waals surface area (Å²) in [6.45, 7) is 2.41. The van der Waals surface area contributed by atoms with E-state index in [-0.39, 0.29) is 6.04 Å². The Morgan fingerprint density at radius 3 is 2.89 bits per heavy atom. The molecule has 0 radical (unpaired) electrons. The molecule has 18 heavy (non-hydrogen) atoms. The Morgan fingerprint density at radius 2 is 2.28 bits per heavy atom. The first-order chi connectivity index (χ1) is 8.60. The Morgan fingerprint density at radius 1 is 1.50 bits per heavy atom. The van der Waals surface area contributed by atoms with Gasteiger partial charge in [-0.1, -0.05) is 16.8 Å². The van der Waals surface area contributed by atoms with Gasteiger partial charge in [0.2, 0.25) is 0 Å². The summed E-state index contributed by atoms with van der Waals surface area (Å²) in [5, 5.41) is 8.69. The van der Waals surface area contributed by atoms with Crippen LogP contribution in [0.1, 0.15) is 24.2 Å². The topological polar surface area (TPSA) is 66.0 Å². The number of ether oxygens (including phenoxy) is 1. The summed E-state index contributed by atoms with van der Waals surface area (Å²) < 4.78 is 7.00. The van der Waals surface area contributed by atoms with Gasteiger partial charge in [-0.25, -0.2) is 4.68 Å². The van der Waals surface area contributed by atoms with Gasteiger partial charge >= 0.3 is 0 Å². The summed E-state index contributed by atoms with van der Waals surface area (Å²) in [6, 6.07) is 5.35. The number of methoxy groups -OCH3 is 1. The molecular formula is C12H15ClN4O. The molecule has 1 unspecified atom stereocenters. The number of hydrogen-bond acceptors (Lipinski definition) is 4. The first-order valence-electron chi connectivity index (χ1n) is 5.58. The van der Waals surface area contributed by atoms with Gasteiger partial charge in [-0.05, 0) is 25.1 Å². The first kappa shape index (κ1) is 12.9. The molecule has 0 amide bonds. The third-order valence-corrected chi connectivity index (χ3v) is 2.83. The van der Waals surface area contributed by atoms with Crippen LogP contribution in [0.3, 0.4) is 0 Å². The maximum absolute atomic E-state index is 5.97. The van der Waals surface area contributed by atoms with Crippen molar-refractivity contribution < 1.29 is 4.74 Å². The van der Waals surface area contributed by atoms with Crippen molar-refractivity contribution in [3.63, 3.8) is 0 Å². The highest BCUT2D eigenvalue weighted by atomic mass is 35.5. The minimum Gasteiger partial charge on any atom is -0.496 e. The average molecular weight is 267 g/mol. The molecule has 1 heterocycles. The number of aromatic nitrogens is 3. The molecule has 96 valence electrons. The molecule has 0 bridgehead atoms. The van der Waals surface area contributed by atoms with E-state index in [0.29, 0.717) is 11.6 Å². The number of nitrogens with zero attached hydrogens (tertiary/aromatic N) is 3. The molecule has 0 spiro atoms. The van der Waals surface area contributed by atoms with Crippen molar-refractivity contribution in [3.8, 4) is 5.75 Å². The van der Waals surface area contributed by atoms with E-state index in [4.69, 9.17) is 22.1 Å². The van der Waals surface area contributed by atoms with E-state index >= 15 is 0 Å². The molecule has 1 aromatic heterocycles. The van der Waals surface area contributed by atoms with Crippen LogP contribution in [0.15, 0.2) is 24.4 Å². The standard InChI is InChI=1S/C12H15ClN4O/c1-8(14)11-7-17(16-15-11)6-9-5-10(13)3-4-12(9)18-2/h3-5,7-8H,6,14H2,1-2H3. The summed E-state index contributed by atoms with van der Waals surface area (Å²) in [6.07, 6.45) is 1.82. The number of rotatable bonds is 4. The number of hydrogen-bond donors (Lipinski definition) is 1. The summed E-state index contributed by atoms with van der Waals surface area (Å²) >= 11 is 5.97. The van der Waals surface area contributed by atoms with Crippen molar-refractivity contribution in [2.45, 2.75) is 19.5 Å². The van der Waals surface area contributed by atoms with Gasteiger partial charge in [0.15, 0.2) is 0 Å². The second-order valence-electron chi connectivity index (χ2n) is 4.09. The van der Waals surface area contributed by atoms with Gasteiger partial charge in [0.25, 0.3) is 0 Å². The van der Waals surface area contributed by atoms with Gasteiger partial charge < -0.3 is 10.5 Å². The second kappa shape index (κ2) is 5.37. The maximum Gasteiger partial charge on any atom is 0.124 e. The third kappa shape index (κ3) is 2.80. The van der Waals surface area contributed by atoms with Crippen LogP contribution >= 0.6 is 11.6 Å². The molecule has 2 rings (SSSR count). The lowest BCUT2D eigenvalue weighted by atomic mass is 10.2. The van der Waals surface area contributed by atoms with Crippen molar-refractivity contribution in [1.29, 1.82) is 0 Å². The molecule has 2 N–H and O–H groups in total. The van der Waals surface area contributed by atoms with Crippen molar-refractivity contribution in [1.82, 2.24) is 15.0 Å². The van der Waals surface area contributed by atoms with E-state index in [1.807, 2.05) is 25.3 Å². The quantitative estimate of drug-likeness (QED) is 0.919. The zero-order chi connectivity index (χ0) is 13.1. The minimum absolute atomic E-state index is 0.125. The molecule has 0 aliphatic heterocycles.